The molecule has 3 aliphatic rings. The molecule has 2 aromatic heterocycles. The minimum absolute atomic E-state index is 0.0746. The van der Waals surface area contributed by atoms with Crippen molar-refractivity contribution in [2.24, 2.45) is 0 Å². The summed E-state index contributed by atoms with van der Waals surface area (Å²) in [5.74, 6) is 1.94. The molecule has 1 atom stereocenters. The number of Topliss-reactive ketones (excluding diaryl/α,β-unsaturated/α-hetero) is 1. The van der Waals surface area contributed by atoms with E-state index in [-0.39, 0.29) is 17.7 Å². The van der Waals surface area contributed by atoms with Gasteiger partial charge in [0.25, 0.3) is 0 Å². The number of hydrogen-bond donors (Lipinski definition) is 1. The molecule has 0 bridgehead atoms. The lowest BCUT2D eigenvalue weighted by molar-refractivity contribution is -0.605. The predicted molar refractivity (Wildman–Crippen MR) is 119 cm³/mol. The molecule has 1 aliphatic carbocycles. The second-order valence-corrected chi connectivity index (χ2v) is 9.02. The zero-order chi connectivity index (χ0) is 22.2. The van der Waals surface area contributed by atoms with Gasteiger partial charge in [-0.25, -0.2) is 4.98 Å². The molecule has 1 amide bonds. The first-order chi connectivity index (χ1) is 15.5. The van der Waals surface area contributed by atoms with E-state index in [0.29, 0.717) is 49.1 Å². The Balaban J connectivity index is 1.34. The van der Waals surface area contributed by atoms with Gasteiger partial charge in [0.1, 0.15) is 5.82 Å². The Hall–Kier alpha value is -3.23. The zero-order valence-corrected chi connectivity index (χ0v) is 18.3. The summed E-state index contributed by atoms with van der Waals surface area (Å²) in [5.41, 5.74) is 2.64. The van der Waals surface area contributed by atoms with Gasteiger partial charge in [0.2, 0.25) is 11.9 Å². The summed E-state index contributed by atoms with van der Waals surface area (Å²) in [7, 11) is 1.81. The smallest absolute Gasteiger partial charge is 0.227 e. The molecular formula is C23H28N6O3. The Kier molecular flexibility index (Phi) is 5.40. The third-order valence-electron chi connectivity index (χ3n) is 6.88. The van der Waals surface area contributed by atoms with Gasteiger partial charge in [-0.05, 0) is 37.2 Å². The summed E-state index contributed by atoms with van der Waals surface area (Å²) in [6.45, 7) is 2.25. The number of ketones is 1. The Labute approximate surface area is 187 Å². The fraction of sp³-hybridized carbons (Fsp3) is 0.522. The molecule has 2 saturated heterocycles. The van der Waals surface area contributed by atoms with Crippen LogP contribution in [-0.4, -0.2) is 59.3 Å². The highest BCUT2D eigenvalue weighted by Gasteiger charge is 2.31. The lowest BCUT2D eigenvalue weighted by atomic mass is 9.90. The van der Waals surface area contributed by atoms with Gasteiger partial charge in [0.15, 0.2) is 18.2 Å². The number of likely N-dealkylation sites (tertiary alicyclic amines) is 1. The maximum atomic E-state index is 12.5. The van der Waals surface area contributed by atoms with E-state index in [2.05, 4.69) is 10.2 Å². The molecule has 2 aromatic rings. The van der Waals surface area contributed by atoms with Crippen LogP contribution in [0.5, 0.6) is 0 Å². The van der Waals surface area contributed by atoms with E-state index in [1.807, 2.05) is 19.2 Å². The van der Waals surface area contributed by atoms with Gasteiger partial charge < -0.3 is 20.3 Å². The van der Waals surface area contributed by atoms with Gasteiger partial charge >= 0.3 is 0 Å². The molecule has 0 unspecified atom stereocenters. The fourth-order valence-corrected chi connectivity index (χ4v) is 5.00. The normalized spacial score (nSPS) is 21.7. The van der Waals surface area contributed by atoms with Gasteiger partial charge in [0.05, 0.1) is 11.3 Å². The molecular weight excluding hydrogens is 408 g/mol. The van der Waals surface area contributed by atoms with E-state index in [4.69, 9.17) is 9.97 Å². The number of carbonyl (C=O) groups excluding carboxylic acids is 2. The number of nitrogens with one attached hydrogen (secondary N) is 1. The minimum Gasteiger partial charge on any atom is -0.619 e. The SMILES string of the molecule is CN1C[C@@H](Nc2nc(N3CCC(c4cc[n+]([O-])cc4)CC3)nc3c2C(=O)CC3)CCC1=O. The lowest BCUT2D eigenvalue weighted by Gasteiger charge is -2.33. The lowest BCUT2D eigenvalue weighted by Crippen LogP contribution is -2.43. The minimum atomic E-state index is 0.0746. The number of piperidine rings is 2. The van der Waals surface area contributed by atoms with Crippen molar-refractivity contribution in [3.63, 3.8) is 0 Å². The van der Waals surface area contributed by atoms with Crippen LogP contribution >= 0.6 is 0 Å². The highest BCUT2D eigenvalue weighted by Crippen LogP contribution is 2.33. The Morgan fingerprint density at radius 2 is 1.81 bits per heavy atom. The van der Waals surface area contributed by atoms with Crippen LogP contribution in [0.3, 0.4) is 0 Å². The van der Waals surface area contributed by atoms with Crippen LogP contribution in [0.1, 0.15) is 59.6 Å². The summed E-state index contributed by atoms with van der Waals surface area (Å²) in [5, 5.41) is 14.8. The zero-order valence-electron chi connectivity index (χ0n) is 18.3. The van der Waals surface area contributed by atoms with Gasteiger partial charge in [-0.2, -0.15) is 9.71 Å². The Morgan fingerprint density at radius 1 is 1.06 bits per heavy atom. The van der Waals surface area contributed by atoms with Crippen molar-refractivity contribution < 1.29 is 14.3 Å². The highest BCUT2D eigenvalue weighted by molar-refractivity contribution is 6.04. The van der Waals surface area contributed by atoms with Crippen LogP contribution in [0.15, 0.2) is 24.5 Å². The first kappa shape index (κ1) is 20.7. The molecule has 4 heterocycles. The van der Waals surface area contributed by atoms with Crippen LogP contribution in [0.2, 0.25) is 0 Å². The summed E-state index contributed by atoms with van der Waals surface area (Å²) >= 11 is 0. The number of amides is 1. The fourth-order valence-electron chi connectivity index (χ4n) is 5.00. The number of likely N-dealkylation sites (N-methyl/N-ethyl adjacent to an activating group) is 1. The quantitative estimate of drug-likeness (QED) is 0.574. The van der Waals surface area contributed by atoms with E-state index in [1.54, 1.807) is 17.3 Å². The molecule has 32 heavy (non-hydrogen) atoms. The van der Waals surface area contributed by atoms with Crippen LogP contribution in [-0.2, 0) is 11.2 Å². The maximum Gasteiger partial charge on any atom is 0.227 e. The Morgan fingerprint density at radius 3 is 2.53 bits per heavy atom. The van der Waals surface area contributed by atoms with E-state index in [1.165, 1.54) is 5.56 Å². The summed E-state index contributed by atoms with van der Waals surface area (Å²) < 4.78 is 0.812. The second-order valence-electron chi connectivity index (χ2n) is 9.02. The van der Waals surface area contributed by atoms with Crippen LogP contribution in [0.25, 0.3) is 0 Å². The van der Waals surface area contributed by atoms with Crippen LogP contribution in [0.4, 0.5) is 11.8 Å². The molecule has 0 aromatic carbocycles. The van der Waals surface area contributed by atoms with E-state index < -0.39 is 0 Å². The van der Waals surface area contributed by atoms with E-state index in [9.17, 15) is 14.8 Å². The molecule has 9 heteroatoms. The van der Waals surface area contributed by atoms with E-state index >= 15 is 0 Å². The van der Waals surface area contributed by atoms with Gasteiger partial charge in [0, 0.05) is 57.7 Å². The van der Waals surface area contributed by atoms with Crippen LogP contribution < -0.4 is 14.9 Å². The molecule has 1 N–H and O–H groups in total. The average molecular weight is 437 g/mol. The topological polar surface area (TPSA) is 105 Å². The molecule has 0 saturated carbocycles. The molecule has 9 nitrogen and oxygen atoms in total. The number of pyridine rings is 1. The molecule has 2 aliphatic heterocycles. The third-order valence-corrected chi connectivity index (χ3v) is 6.88. The number of rotatable bonds is 4. The first-order valence-electron chi connectivity index (χ1n) is 11.4. The number of carbonyl (C=O) groups is 2. The van der Waals surface area contributed by atoms with Crippen molar-refractivity contribution in [2.45, 2.75) is 50.5 Å². The van der Waals surface area contributed by atoms with Gasteiger partial charge in [-0.1, -0.05) is 0 Å². The van der Waals surface area contributed by atoms with E-state index in [0.717, 1.165) is 42.8 Å². The molecule has 2 fully saturated rings. The van der Waals surface area contributed by atoms with Crippen molar-refractivity contribution >= 4 is 23.5 Å². The monoisotopic (exact) mass is 436 g/mol. The van der Waals surface area contributed by atoms with Crippen molar-refractivity contribution in [3.8, 4) is 0 Å². The maximum absolute atomic E-state index is 12.5. The molecule has 0 spiro atoms. The highest BCUT2D eigenvalue weighted by atomic mass is 16.5. The molecule has 168 valence electrons. The summed E-state index contributed by atoms with van der Waals surface area (Å²) in [4.78, 5) is 37.9. The largest absolute Gasteiger partial charge is 0.619 e. The van der Waals surface area contributed by atoms with Crippen molar-refractivity contribution in [3.05, 3.63) is 46.6 Å². The average Bonchev–Trinajstić information content (AvgIpc) is 3.18. The van der Waals surface area contributed by atoms with Crippen LogP contribution in [0, 0.1) is 5.21 Å². The number of aromatic nitrogens is 3. The number of aryl methyl sites for hydroxylation is 1. The van der Waals surface area contributed by atoms with Crippen molar-refractivity contribution in [1.29, 1.82) is 0 Å². The number of nitrogens with zero attached hydrogens (tertiary/aromatic N) is 5. The number of fused-ring (bicyclic) bond motifs is 1. The molecule has 5 rings (SSSR count). The Bertz CT molecular complexity index is 1030. The summed E-state index contributed by atoms with van der Waals surface area (Å²) in [6.07, 6.45) is 7.38. The number of anilines is 2. The summed E-state index contributed by atoms with van der Waals surface area (Å²) in [6, 6.07) is 3.88. The van der Waals surface area contributed by atoms with Crippen molar-refractivity contribution in [2.75, 3.05) is 36.9 Å². The predicted octanol–water partition coefficient (Wildman–Crippen LogP) is 1.66. The first-order valence-corrected chi connectivity index (χ1v) is 11.4. The standard InChI is InChI=1S/C23H28N6O3/c1-27-14-17(2-5-20(27)31)24-22-21-18(3-4-19(21)30)25-23(26-22)28-10-6-15(7-11-28)16-8-12-29(32)13-9-16/h8-9,12-13,15,17H,2-7,10-11,14H2,1H3,(H,24,25,26)/t17-/m0/s1. The van der Waals surface area contributed by atoms with Crippen molar-refractivity contribution in [1.82, 2.24) is 14.9 Å². The third kappa shape index (κ3) is 3.99. The number of hydrogen-bond acceptors (Lipinski definition) is 7. The second kappa shape index (κ2) is 8.37. The van der Waals surface area contributed by atoms with Gasteiger partial charge in [-0.3, -0.25) is 9.59 Å². The van der Waals surface area contributed by atoms with Gasteiger partial charge in [-0.15, -0.1) is 0 Å². The molecule has 0 radical (unpaired) electrons.